The lowest BCUT2D eigenvalue weighted by molar-refractivity contribution is -0.122. The summed E-state index contributed by atoms with van der Waals surface area (Å²) >= 11 is 1.09. The molecule has 0 radical (unpaired) electrons. The molecule has 0 N–H and O–H groups in total. The van der Waals surface area contributed by atoms with Crippen molar-refractivity contribution >= 4 is 38.5 Å². The van der Waals surface area contributed by atoms with Gasteiger partial charge in [0.2, 0.25) is 0 Å². The zero-order valence-electron chi connectivity index (χ0n) is 19.4. The number of aryl methyl sites for hydroxylation is 1. The third-order valence-electron chi connectivity index (χ3n) is 6.05. The van der Waals surface area contributed by atoms with Crippen LogP contribution >= 0.6 is 11.8 Å². The van der Waals surface area contributed by atoms with Gasteiger partial charge in [-0.1, -0.05) is 49.7 Å². The smallest absolute Gasteiger partial charge is 0.284 e. The van der Waals surface area contributed by atoms with Gasteiger partial charge in [-0.15, -0.1) is 4.40 Å². The lowest BCUT2D eigenvalue weighted by atomic mass is 9.84. The first kappa shape index (κ1) is 23.3. The van der Waals surface area contributed by atoms with Crippen LogP contribution in [0.1, 0.15) is 31.9 Å². The molecular weight excluding hydrogens is 454 g/mol. The number of fused-ring (bicyclic) bond motifs is 1. The average molecular weight is 482 g/mol. The van der Waals surface area contributed by atoms with Gasteiger partial charge in [0, 0.05) is 30.4 Å². The molecule has 2 aromatic rings. The number of hydrogen-bond acceptors (Lipinski definition) is 5. The van der Waals surface area contributed by atoms with Crippen molar-refractivity contribution in [3.05, 3.63) is 82.4 Å². The molecule has 6 nitrogen and oxygen atoms in total. The number of allylic oxidation sites excluding steroid dienone is 3. The standard InChI is InChI=1S/C25H27N3O3S2/c1-6-28-23(29)21(32-24(28)26-33(30,31)18-13-11-17(2)12-14-18)15-16-22-25(3,4)19-9-7-8-10-20(19)27(22)5/h7-16H,6H2,1-5H3/b21-15-,22-16+,26-24?. The second-order valence-electron chi connectivity index (χ2n) is 8.60. The maximum absolute atomic E-state index is 13.0. The van der Waals surface area contributed by atoms with Gasteiger partial charge < -0.3 is 4.90 Å². The summed E-state index contributed by atoms with van der Waals surface area (Å²) in [6.07, 6.45) is 3.72. The van der Waals surface area contributed by atoms with E-state index in [1.807, 2.05) is 32.2 Å². The van der Waals surface area contributed by atoms with Gasteiger partial charge in [-0.3, -0.25) is 9.69 Å². The van der Waals surface area contributed by atoms with Gasteiger partial charge in [-0.25, -0.2) is 0 Å². The molecule has 0 aliphatic carbocycles. The number of sulfonamides is 1. The Hall–Kier alpha value is -2.84. The quantitative estimate of drug-likeness (QED) is 0.585. The van der Waals surface area contributed by atoms with Gasteiger partial charge in [0.15, 0.2) is 5.17 Å². The molecule has 0 saturated carbocycles. The van der Waals surface area contributed by atoms with E-state index in [1.165, 1.54) is 22.6 Å². The van der Waals surface area contributed by atoms with E-state index in [9.17, 15) is 13.2 Å². The van der Waals surface area contributed by atoms with Crippen molar-refractivity contribution in [2.75, 3.05) is 18.5 Å². The molecule has 1 saturated heterocycles. The molecule has 1 fully saturated rings. The lowest BCUT2D eigenvalue weighted by Crippen LogP contribution is -2.29. The Morgan fingerprint density at radius 3 is 2.36 bits per heavy atom. The van der Waals surface area contributed by atoms with E-state index >= 15 is 0 Å². The van der Waals surface area contributed by atoms with E-state index in [2.05, 4.69) is 35.3 Å². The third-order valence-corrected chi connectivity index (χ3v) is 8.48. The van der Waals surface area contributed by atoms with Gasteiger partial charge in [0.05, 0.1) is 9.80 Å². The van der Waals surface area contributed by atoms with Crippen molar-refractivity contribution < 1.29 is 13.2 Å². The minimum absolute atomic E-state index is 0.108. The fraction of sp³-hybridized carbons (Fsp3) is 0.280. The van der Waals surface area contributed by atoms with Crippen molar-refractivity contribution in [1.82, 2.24) is 4.90 Å². The van der Waals surface area contributed by atoms with Crippen molar-refractivity contribution in [3.8, 4) is 0 Å². The molecule has 2 aliphatic heterocycles. The Bertz CT molecular complexity index is 1310. The van der Waals surface area contributed by atoms with Crippen molar-refractivity contribution in [1.29, 1.82) is 0 Å². The fourth-order valence-corrected chi connectivity index (χ4v) is 6.38. The maximum atomic E-state index is 13.0. The zero-order chi connectivity index (χ0) is 24.0. The van der Waals surface area contributed by atoms with E-state index in [0.29, 0.717) is 11.4 Å². The number of nitrogens with zero attached hydrogens (tertiary/aromatic N) is 3. The fourth-order valence-electron chi connectivity index (χ4n) is 4.19. The molecule has 0 atom stereocenters. The number of hydrogen-bond donors (Lipinski definition) is 0. The van der Waals surface area contributed by atoms with Crippen LogP contribution in [0.2, 0.25) is 0 Å². The Morgan fingerprint density at radius 2 is 1.73 bits per heavy atom. The average Bonchev–Trinajstić information content (AvgIpc) is 3.16. The summed E-state index contributed by atoms with van der Waals surface area (Å²) in [5.41, 5.74) is 4.17. The van der Waals surface area contributed by atoms with Gasteiger partial charge in [-0.05, 0) is 61.5 Å². The van der Waals surface area contributed by atoms with Crippen LogP contribution in [0, 0.1) is 6.92 Å². The third kappa shape index (κ3) is 4.13. The molecule has 8 heteroatoms. The summed E-state index contributed by atoms with van der Waals surface area (Å²) in [7, 11) is -1.91. The summed E-state index contributed by atoms with van der Waals surface area (Å²) < 4.78 is 29.6. The Kier molecular flexibility index (Phi) is 6.01. The van der Waals surface area contributed by atoms with E-state index in [-0.39, 0.29) is 21.4 Å². The van der Waals surface area contributed by atoms with Crippen LogP contribution in [0.25, 0.3) is 0 Å². The summed E-state index contributed by atoms with van der Waals surface area (Å²) in [5, 5.41) is 0.176. The molecule has 33 heavy (non-hydrogen) atoms. The molecule has 0 unspecified atom stereocenters. The first-order valence-electron chi connectivity index (χ1n) is 10.7. The minimum Gasteiger partial charge on any atom is -0.347 e. The topological polar surface area (TPSA) is 70.1 Å². The largest absolute Gasteiger partial charge is 0.347 e. The molecule has 2 aliphatic rings. The van der Waals surface area contributed by atoms with Crippen LogP contribution in [0.15, 0.2) is 80.6 Å². The number of carbonyl (C=O) groups is 1. The summed E-state index contributed by atoms with van der Waals surface area (Å²) in [6, 6.07) is 14.8. The van der Waals surface area contributed by atoms with Crippen LogP contribution < -0.4 is 4.90 Å². The van der Waals surface area contributed by atoms with Crippen molar-refractivity contribution in [3.63, 3.8) is 0 Å². The Labute approximate surface area is 199 Å². The number of anilines is 1. The van der Waals surface area contributed by atoms with E-state index in [1.54, 1.807) is 25.1 Å². The van der Waals surface area contributed by atoms with Crippen LogP contribution in [0.5, 0.6) is 0 Å². The number of thioether (sulfide) groups is 1. The summed E-state index contributed by atoms with van der Waals surface area (Å²) in [5.74, 6) is -0.242. The molecular formula is C25H27N3O3S2. The van der Waals surface area contributed by atoms with E-state index < -0.39 is 10.0 Å². The van der Waals surface area contributed by atoms with Crippen LogP contribution in [-0.2, 0) is 20.2 Å². The number of amidine groups is 1. The Balaban J connectivity index is 1.68. The lowest BCUT2D eigenvalue weighted by Gasteiger charge is -2.23. The number of amides is 1. The molecule has 2 aromatic carbocycles. The zero-order valence-corrected chi connectivity index (χ0v) is 21.0. The van der Waals surface area contributed by atoms with E-state index in [0.717, 1.165) is 28.7 Å². The van der Waals surface area contributed by atoms with Gasteiger partial charge in [0.25, 0.3) is 15.9 Å². The molecule has 0 spiro atoms. The summed E-state index contributed by atoms with van der Waals surface area (Å²) in [4.78, 5) is 17.1. The number of carbonyl (C=O) groups excluding carboxylic acids is 1. The van der Waals surface area contributed by atoms with Gasteiger partial charge in [0.1, 0.15) is 0 Å². The highest BCUT2D eigenvalue weighted by molar-refractivity contribution is 8.19. The molecule has 0 bridgehead atoms. The number of benzene rings is 2. The SMILES string of the molecule is CCN1C(=O)/C(=C/C=C2/N(C)c3ccccc3C2(C)C)SC1=NS(=O)(=O)c1ccc(C)cc1. The van der Waals surface area contributed by atoms with Crippen molar-refractivity contribution in [2.45, 2.75) is 38.0 Å². The predicted octanol–water partition coefficient (Wildman–Crippen LogP) is 4.83. The first-order valence-corrected chi connectivity index (χ1v) is 13.0. The Morgan fingerprint density at radius 1 is 1.06 bits per heavy atom. The molecule has 0 aromatic heterocycles. The number of likely N-dealkylation sites (N-methyl/N-ethyl adjacent to an activating group) is 2. The minimum atomic E-state index is -3.92. The number of rotatable bonds is 4. The van der Waals surface area contributed by atoms with E-state index in [4.69, 9.17) is 0 Å². The van der Waals surface area contributed by atoms with Crippen LogP contribution in [-0.4, -0.2) is 38.0 Å². The maximum Gasteiger partial charge on any atom is 0.284 e. The van der Waals surface area contributed by atoms with Crippen molar-refractivity contribution in [2.24, 2.45) is 4.40 Å². The highest BCUT2D eigenvalue weighted by atomic mass is 32.2. The molecule has 4 rings (SSSR count). The molecule has 2 heterocycles. The monoisotopic (exact) mass is 481 g/mol. The second kappa shape index (κ2) is 8.50. The number of para-hydroxylation sites is 1. The van der Waals surface area contributed by atoms with Crippen LogP contribution in [0.3, 0.4) is 0 Å². The first-order chi connectivity index (χ1) is 15.6. The van der Waals surface area contributed by atoms with Gasteiger partial charge in [-0.2, -0.15) is 8.42 Å². The second-order valence-corrected chi connectivity index (χ2v) is 11.2. The molecule has 1 amide bonds. The van der Waals surface area contributed by atoms with Crippen LogP contribution in [0.4, 0.5) is 5.69 Å². The highest BCUT2D eigenvalue weighted by Crippen LogP contribution is 2.46. The summed E-state index contributed by atoms with van der Waals surface area (Å²) in [6.45, 7) is 8.34. The highest BCUT2D eigenvalue weighted by Gasteiger charge is 2.38. The predicted molar refractivity (Wildman–Crippen MR) is 135 cm³/mol. The molecule has 172 valence electrons. The van der Waals surface area contributed by atoms with Gasteiger partial charge >= 0.3 is 0 Å². The normalized spacial score (nSPS) is 21.5.